The lowest BCUT2D eigenvalue weighted by atomic mass is 10.2. The van der Waals surface area contributed by atoms with Crippen LogP contribution in [0.25, 0.3) is 11.4 Å². The van der Waals surface area contributed by atoms with E-state index in [-0.39, 0.29) is 11.7 Å². The maximum absolute atomic E-state index is 12.6. The van der Waals surface area contributed by atoms with E-state index in [1.807, 2.05) is 29.7 Å². The van der Waals surface area contributed by atoms with Crippen LogP contribution in [0.3, 0.4) is 0 Å². The van der Waals surface area contributed by atoms with Gasteiger partial charge in [0.05, 0.1) is 44.9 Å². The first-order valence-corrected chi connectivity index (χ1v) is 11.3. The summed E-state index contributed by atoms with van der Waals surface area (Å²) in [5.74, 6) is 2.66. The lowest BCUT2D eigenvalue weighted by Gasteiger charge is -2.13. The maximum Gasteiger partial charge on any atom is 0.234 e. The summed E-state index contributed by atoms with van der Waals surface area (Å²) in [6, 6.07) is 8.76. The Morgan fingerprint density at radius 2 is 1.67 bits per heavy atom. The van der Waals surface area contributed by atoms with Crippen LogP contribution in [0.5, 0.6) is 23.0 Å². The summed E-state index contributed by atoms with van der Waals surface area (Å²) in [5, 5.41) is 12.4. The van der Waals surface area contributed by atoms with E-state index < -0.39 is 0 Å². The van der Waals surface area contributed by atoms with Gasteiger partial charge in [0, 0.05) is 24.2 Å². The Morgan fingerprint density at radius 3 is 2.30 bits per heavy atom. The number of thioether (sulfide) groups is 1. The summed E-state index contributed by atoms with van der Waals surface area (Å²) in [7, 11) is 6.17. The third kappa shape index (κ3) is 5.45. The summed E-state index contributed by atoms with van der Waals surface area (Å²) in [6.45, 7) is 2.62. The van der Waals surface area contributed by atoms with Crippen LogP contribution in [0.15, 0.2) is 35.5 Å². The molecule has 0 aliphatic rings. The molecule has 0 spiro atoms. The standard InChI is InChI=1S/C22H25ClN4O5S/c1-6-27-21(13-7-8-16(29-2)19(9-13)32-5)25-26-22(27)33-12-20(28)24-15-11-17(30-3)14(23)10-18(15)31-4/h7-11H,6,12H2,1-5H3,(H,24,28). The Morgan fingerprint density at radius 1 is 0.970 bits per heavy atom. The van der Waals surface area contributed by atoms with Crippen LogP contribution in [-0.2, 0) is 11.3 Å². The first kappa shape index (κ1) is 24.5. The number of rotatable bonds is 10. The normalized spacial score (nSPS) is 10.6. The molecule has 1 aromatic heterocycles. The molecule has 11 heteroatoms. The molecule has 0 aliphatic carbocycles. The summed E-state index contributed by atoms with van der Waals surface area (Å²) in [4.78, 5) is 12.6. The highest BCUT2D eigenvalue weighted by molar-refractivity contribution is 7.99. The summed E-state index contributed by atoms with van der Waals surface area (Å²) in [5.41, 5.74) is 1.30. The number of hydrogen-bond donors (Lipinski definition) is 1. The number of carbonyl (C=O) groups excluding carboxylic acids is 1. The number of methoxy groups -OCH3 is 4. The number of ether oxygens (including phenoxy) is 4. The number of benzene rings is 2. The molecule has 3 aromatic rings. The summed E-state index contributed by atoms with van der Waals surface area (Å²) < 4.78 is 23.2. The van der Waals surface area contributed by atoms with Gasteiger partial charge in [0.2, 0.25) is 5.91 Å². The van der Waals surface area contributed by atoms with Crippen molar-refractivity contribution in [2.24, 2.45) is 0 Å². The molecule has 33 heavy (non-hydrogen) atoms. The Kier molecular flexibility index (Phi) is 8.29. The van der Waals surface area contributed by atoms with Crippen LogP contribution in [0.1, 0.15) is 6.92 Å². The van der Waals surface area contributed by atoms with Gasteiger partial charge in [-0.1, -0.05) is 23.4 Å². The van der Waals surface area contributed by atoms with Crippen molar-refractivity contribution in [1.29, 1.82) is 0 Å². The van der Waals surface area contributed by atoms with Gasteiger partial charge >= 0.3 is 0 Å². The second kappa shape index (κ2) is 11.2. The van der Waals surface area contributed by atoms with Gasteiger partial charge in [0.25, 0.3) is 0 Å². The maximum atomic E-state index is 12.6. The molecule has 0 radical (unpaired) electrons. The topological polar surface area (TPSA) is 96.7 Å². The van der Waals surface area contributed by atoms with Gasteiger partial charge in [0.15, 0.2) is 22.5 Å². The molecule has 0 bridgehead atoms. The van der Waals surface area contributed by atoms with Crippen LogP contribution in [-0.4, -0.2) is 54.9 Å². The number of halogens is 1. The van der Waals surface area contributed by atoms with Crippen molar-refractivity contribution in [3.05, 3.63) is 35.4 Å². The smallest absolute Gasteiger partial charge is 0.234 e. The highest BCUT2D eigenvalue weighted by atomic mass is 35.5. The van der Waals surface area contributed by atoms with Crippen LogP contribution < -0.4 is 24.3 Å². The molecule has 0 fully saturated rings. The molecule has 0 atom stereocenters. The fourth-order valence-corrected chi connectivity index (χ4v) is 4.18. The molecule has 9 nitrogen and oxygen atoms in total. The van der Waals surface area contributed by atoms with E-state index in [1.54, 1.807) is 26.4 Å². The molecule has 0 saturated heterocycles. The number of aromatic nitrogens is 3. The zero-order valence-corrected chi connectivity index (χ0v) is 20.5. The molecular formula is C22H25ClN4O5S. The molecule has 1 N–H and O–H groups in total. The SMILES string of the molecule is CCn1c(SCC(=O)Nc2cc(OC)c(Cl)cc2OC)nnc1-c1ccc(OC)c(OC)c1. The van der Waals surface area contributed by atoms with Crippen molar-refractivity contribution in [3.8, 4) is 34.4 Å². The highest BCUT2D eigenvalue weighted by Gasteiger charge is 2.18. The molecule has 1 amide bonds. The lowest BCUT2D eigenvalue weighted by Crippen LogP contribution is -2.15. The molecule has 0 unspecified atom stereocenters. The quantitative estimate of drug-likeness (QED) is 0.416. The van der Waals surface area contributed by atoms with E-state index in [0.717, 1.165) is 5.56 Å². The van der Waals surface area contributed by atoms with E-state index in [0.29, 0.717) is 51.2 Å². The molecule has 176 valence electrons. The van der Waals surface area contributed by atoms with Gasteiger partial charge in [-0.05, 0) is 25.1 Å². The Balaban J connectivity index is 1.75. The van der Waals surface area contributed by atoms with E-state index in [1.165, 1.54) is 26.0 Å². The van der Waals surface area contributed by atoms with Gasteiger partial charge in [-0.2, -0.15) is 0 Å². The minimum atomic E-state index is -0.235. The second-order valence-electron chi connectivity index (χ2n) is 6.64. The van der Waals surface area contributed by atoms with Crippen molar-refractivity contribution < 1.29 is 23.7 Å². The van der Waals surface area contributed by atoms with Crippen molar-refractivity contribution >= 4 is 35.0 Å². The minimum absolute atomic E-state index is 0.123. The number of amides is 1. The second-order valence-corrected chi connectivity index (χ2v) is 7.99. The summed E-state index contributed by atoms with van der Waals surface area (Å²) in [6.07, 6.45) is 0. The van der Waals surface area contributed by atoms with Gasteiger partial charge < -0.3 is 28.8 Å². The molecular weight excluding hydrogens is 468 g/mol. The Hall–Kier alpha value is -3.11. The zero-order chi connectivity index (χ0) is 24.0. The molecule has 3 rings (SSSR count). The molecule has 0 saturated carbocycles. The van der Waals surface area contributed by atoms with E-state index in [4.69, 9.17) is 30.5 Å². The fourth-order valence-electron chi connectivity index (χ4n) is 3.14. The van der Waals surface area contributed by atoms with Crippen LogP contribution in [0.4, 0.5) is 5.69 Å². The van der Waals surface area contributed by atoms with Crippen molar-refractivity contribution in [2.45, 2.75) is 18.6 Å². The molecule has 0 aliphatic heterocycles. The van der Waals surface area contributed by atoms with Gasteiger partial charge in [-0.15, -0.1) is 10.2 Å². The minimum Gasteiger partial charge on any atom is -0.495 e. The predicted molar refractivity (Wildman–Crippen MR) is 128 cm³/mol. The van der Waals surface area contributed by atoms with Gasteiger partial charge in [-0.25, -0.2) is 0 Å². The number of nitrogens with zero attached hydrogens (tertiary/aromatic N) is 3. The number of anilines is 1. The van der Waals surface area contributed by atoms with Crippen molar-refractivity contribution in [2.75, 3.05) is 39.5 Å². The van der Waals surface area contributed by atoms with Gasteiger partial charge in [0.1, 0.15) is 11.5 Å². The predicted octanol–water partition coefficient (Wildman–Crippen LogP) is 4.38. The number of nitrogens with one attached hydrogen (secondary N) is 1. The van der Waals surface area contributed by atoms with Crippen LogP contribution in [0.2, 0.25) is 5.02 Å². The van der Waals surface area contributed by atoms with Gasteiger partial charge in [-0.3, -0.25) is 4.79 Å². The summed E-state index contributed by atoms with van der Waals surface area (Å²) >= 11 is 7.41. The first-order valence-electron chi connectivity index (χ1n) is 9.95. The van der Waals surface area contributed by atoms with Crippen molar-refractivity contribution in [3.63, 3.8) is 0 Å². The Labute approximate surface area is 201 Å². The van der Waals surface area contributed by atoms with Crippen molar-refractivity contribution in [1.82, 2.24) is 14.8 Å². The Bertz CT molecular complexity index is 1140. The first-order chi connectivity index (χ1) is 15.9. The third-order valence-corrected chi connectivity index (χ3v) is 6.02. The zero-order valence-electron chi connectivity index (χ0n) is 19.0. The molecule has 2 aromatic carbocycles. The van der Waals surface area contributed by atoms with Crippen LogP contribution >= 0.6 is 23.4 Å². The third-order valence-electron chi connectivity index (χ3n) is 4.76. The number of hydrogen-bond acceptors (Lipinski definition) is 8. The monoisotopic (exact) mass is 492 g/mol. The lowest BCUT2D eigenvalue weighted by molar-refractivity contribution is -0.113. The van der Waals surface area contributed by atoms with E-state index >= 15 is 0 Å². The fraction of sp³-hybridized carbons (Fsp3) is 0.318. The van der Waals surface area contributed by atoms with Crippen LogP contribution in [0, 0.1) is 0 Å². The average molecular weight is 493 g/mol. The highest BCUT2D eigenvalue weighted by Crippen LogP contribution is 2.36. The number of carbonyl (C=O) groups is 1. The van der Waals surface area contributed by atoms with E-state index in [9.17, 15) is 4.79 Å². The molecule has 1 heterocycles. The average Bonchev–Trinajstić information content (AvgIpc) is 3.25. The van der Waals surface area contributed by atoms with E-state index in [2.05, 4.69) is 15.5 Å². The largest absolute Gasteiger partial charge is 0.495 e.